The molecule has 0 radical (unpaired) electrons. The fraction of sp³-hybridized carbons (Fsp3) is 0.364. The lowest BCUT2D eigenvalue weighted by Crippen LogP contribution is -2.29. The number of piperidine rings is 1. The van der Waals surface area contributed by atoms with Crippen LogP contribution in [0.2, 0.25) is 0 Å². The standard InChI is InChI=1S/C22H27N3O3/c1-28-22(27)17-6-5-7-19(16-17)23-13-12-21(26)24-18-8-10-20(11-9-18)25-14-3-2-4-15-25/h5-11,16,23H,2-4,12-15H2,1H3,(H,24,26). The van der Waals surface area contributed by atoms with Gasteiger partial charge in [-0.25, -0.2) is 4.79 Å². The van der Waals surface area contributed by atoms with Crippen LogP contribution >= 0.6 is 0 Å². The summed E-state index contributed by atoms with van der Waals surface area (Å²) in [6.07, 6.45) is 4.13. The summed E-state index contributed by atoms with van der Waals surface area (Å²) in [5, 5.41) is 6.08. The lowest BCUT2D eigenvalue weighted by Gasteiger charge is -2.28. The smallest absolute Gasteiger partial charge is 0.337 e. The molecule has 3 rings (SSSR count). The molecule has 2 aromatic rings. The average Bonchev–Trinajstić information content (AvgIpc) is 2.74. The zero-order valence-electron chi connectivity index (χ0n) is 16.2. The van der Waals surface area contributed by atoms with Gasteiger partial charge < -0.3 is 20.3 Å². The lowest BCUT2D eigenvalue weighted by molar-refractivity contribution is -0.115. The first-order valence-corrected chi connectivity index (χ1v) is 9.73. The molecule has 2 N–H and O–H groups in total. The van der Waals surface area contributed by atoms with Gasteiger partial charge >= 0.3 is 5.97 Å². The Morgan fingerprint density at radius 1 is 1.00 bits per heavy atom. The molecule has 1 saturated heterocycles. The van der Waals surface area contributed by atoms with Crippen LogP contribution < -0.4 is 15.5 Å². The van der Waals surface area contributed by atoms with Crippen molar-refractivity contribution in [2.45, 2.75) is 25.7 Å². The van der Waals surface area contributed by atoms with E-state index in [0.717, 1.165) is 24.5 Å². The number of nitrogens with zero attached hydrogens (tertiary/aromatic N) is 1. The van der Waals surface area contributed by atoms with Crippen molar-refractivity contribution >= 4 is 28.9 Å². The molecule has 0 saturated carbocycles. The van der Waals surface area contributed by atoms with Crippen LogP contribution in [0.5, 0.6) is 0 Å². The van der Waals surface area contributed by atoms with Crippen LogP contribution in [0.25, 0.3) is 0 Å². The molecule has 6 nitrogen and oxygen atoms in total. The van der Waals surface area contributed by atoms with Crippen LogP contribution in [-0.2, 0) is 9.53 Å². The number of carbonyl (C=O) groups excluding carboxylic acids is 2. The van der Waals surface area contributed by atoms with E-state index >= 15 is 0 Å². The van der Waals surface area contributed by atoms with Gasteiger partial charge in [-0.3, -0.25) is 4.79 Å². The van der Waals surface area contributed by atoms with Gasteiger partial charge in [0, 0.05) is 43.1 Å². The summed E-state index contributed by atoms with van der Waals surface area (Å²) in [7, 11) is 1.35. The molecule has 0 aromatic heterocycles. The normalized spacial score (nSPS) is 13.7. The van der Waals surface area contributed by atoms with Crippen LogP contribution in [0.1, 0.15) is 36.0 Å². The zero-order valence-corrected chi connectivity index (χ0v) is 16.2. The largest absolute Gasteiger partial charge is 0.465 e. The molecule has 28 heavy (non-hydrogen) atoms. The fourth-order valence-electron chi connectivity index (χ4n) is 3.33. The molecule has 1 amide bonds. The monoisotopic (exact) mass is 381 g/mol. The van der Waals surface area contributed by atoms with Crippen molar-refractivity contribution in [3.05, 3.63) is 54.1 Å². The number of hydrogen-bond acceptors (Lipinski definition) is 5. The number of amides is 1. The van der Waals surface area contributed by atoms with Gasteiger partial charge in [-0.15, -0.1) is 0 Å². The van der Waals surface area contributed by atoms with E-state index < -0.39 is 0 Å². The van der Waals surface area contributed by atoms with E-state index in [0.29, 0.717) is 18.5 Å². The molecule has 1 aliphatic rings. The first-order valence-electron chi connectivity index (χ1n) is 9.73. The van der Waals surface area contributed by atoms with Crippen molar-refractivity contribution < 1.29 is 14.3 Å². The SMILES string of the molecule is COC(=O)c1cccc(NCCC(=O)Nc2ccc(N3CCCCC3)cc2)c1. The van der Waals surface area contributed by atoms with Crippen molar-refractivity contribution in [1.29, 1.82) is 0 Å². The number of nitrogens with one attached hydrogen (secondary N) is 2. The molecule has 2 aromatic carbocycles. The molecule has 1 aliphatic heterocycles. The summed E-state index contributed by atoms with van der Waals surface area (Å²) < 4.78 is 4.71. The molecule has 1 heterocycles. The first kappa shape index (κ1) is 19.7. The number of ether oxygens (including phenoxy) is 1. The van der Waals surface area contributed by atoms with Crippen LogP contribution in [0.15, 0.2) is 48.5 Å². The highest BCUT2D eigenvalue weighted by Crippen LogP contribution is 2.22. The highest BCUT2D eigenvalue weighted by Gasteiger charge is 2.11. The van der Waals surface area contributed by atoms with Crippen LogP contribution in [-0.4, -0.2) is 38.6 Å². The molecular formula is C22H27N3O3. The molecular weight excluding hydrogens is 354 g/mol. The minimum Gasteiger partial charge on any atom is -0.465 e. The number of carbonyl (C=O) groups is 2. The number of rotatable bonds is 7. The minimum absolute atomic E-state index is 0.0534. The van der Waals surface area contributed by atoms with E-state index in [4.69, 9.17) is 4.74 Å². The zero-order chi connectivity index (χ0) is 19.8. The van der Waals surface area contributed by atoms with Gasteiger partial charge in [0.2, 0.25) is 5.91 Å². The van der Waals surface area contributed by atoms with Crippen LogP contribution in [0.4, 0.5) is 17.1 Å². The Bertz CT molecular complexity index is 799. The highest BCUT2D eigenvalue weighted by atomic mass is 16.5. The van der Waals surface area contributed by atoms with E-state index in [1.165, 1.54) is 32.1 Å². The van der Waals surface area contributed by atoms with Crippen molar-refractivity contribution in [2.75, 3.05) is 42.3 Å². The predicted octanol–water partition coefficient (Wildman–Crippen LogP) is 3.90. The van der Waals surface area contributed by atoms with Crippen LogP contribution in [0.3, 0.4) is 0 Å². The topological polar surface area (TPSA) is 70.7 Å². The van der Waals surface area contributed by atoms with E-state index in [1.54, 1.807) is 18.2 Å². The van der Waals surface area contributed by atoms with Crippen molar-refractivity contribution in [1.82, 2.24) is 0 Å². The van der Waals surface area contributed by atoms with Crippen LogP contribution in [0, 0.1) is 0 Å². The second kappa shape index (κ2) is 9.78. The van der Waals surface area contributed by atoms with Gasteiger partial charge in [0.25, 0.3) is 0 Å². The minimum atomic E-state index is -0.380. The molecule has 0 bridgehead atoms. The molecule has 1 fully saturated rings. The van der Waals surface area contributed by atoms with Gasteiger partial charge in [0.05, 0.1) is 12.7 Å². The maximum atomic E-state index is 12.2. The van der Waals surface area contributed by atoms with Crippen molar-refractivity contribution in [2.24, 2.45) is 0 Å². The van der Waals surface area contributed by atoms with Gasteiger partial charge in [-0.05, 0) is 61.7 Å². The Balaban J connectivity index is 1.45. The number of esters is 1. The molecule has 148 valence electrons. The van der Waals surface area contributed by atoms with Gasteiger partial charge in [-0.2, -0.15) is 0 Å². The van der Waals surface area contributed by atoms with Gasteiger partial charge in [0.15, 0.2) is 0 Å². The third-order valence-electron chi connectivity index (χ3n) is 4.84. The van der Waals surface area contributed by atoms with E-state index in [-0.39, 0.29) is 11.9 Å². The van der Waals surface area contributed by atoms with E-state index in [1.807, 2.05) is 18.2 Å². The Morgan fingerprint density at radius 3 is 2.46 bits per heavy atom. The maximum absolute atomic E-state index is 12.2. The summed E-state index contributed by atoms with van der Waals surface area (Å²) in [6, 6.07) is 15.1. The number of hydrogen-bond donors (Lipinski definition) is 2. The Labute approximate surface area is 165 Å². The average molecular weight is 381 g/mol. The molecule has 0 unspecified atom stereocenters. The molecule has 0 aliphatic carbocycles. The lowest BCUT2D eigenvalue weighted by atomic mass is 10.1. The Morgan fingerprint density at radius 2 is 1.75 bits per heavy atom. The Hall–Kier alpha value is -3.02. The maximum Gasteiger partial charge on any atom is 0.337 e. The quantitative estimate of drug-likeness (QED) is 0.712. The van der Waals surface area contributed by atoms with E-state index in [9.17, 15) is 9.59 Å². The highest BCUT2D eigenvalue weighted by molar-refractivity contribution is 5.91. The van der Waals surface area contributed by atoms with Gasteiger partial charge in [-0.1, -0.05) is 6.07 Å². The molecule has 6 heteroatoms. The number of benzene rings is 2. The summed E-state index contributed by atoms with van der Waals surface area (Å²) >= 11 is 0. The fourth-order valence-corrected chi connectivity index (χ4v) is 3.33. The number of methoxy groups -OCH3 is 1. The summed E-state index contributed by atoms with van der Waals surface area (Å²) in [4.78, 5) is 26.1. The third-order valence-corrected chi connectivity index (χ3v) is 4.84. The first-order chi connectivity index (χ1) is 13.7. The third kappa shape index (κ3) is 5.49. The molecule has 0 spiro atoms. The summed E-state index contributed by atoms with van der Waals surface area (Å²) in [5.74, 6) is -0.434. The van der Waals surface area contributed by atoms with Crippen molar-refractivity contribution in [3.63, 3.8) is 0 Å². The summed E-state index contributed by atoms with van der Waals surface area (Å²) in [6.45, 7) is 2.69. The molecule has 0 atom stereocenters. The predicted molar refractivity (Wildman–Crippen MR) is 112 cm³/mol. The van der Waals surface area contributed by atoms with Crippen molar-refractivity contribution in [3.8, 4) is 0 Å². The number of anilines is 3. The summed E-state index contributed by atoms with van der Waals surface area (Å²) in [5.41, 5.74) is 3.27. The second-order valence-electron chi connectivity index (χ2n) is 6.89. The Kier molecular flexibility index (Phi) is 6.89. The van der Waals surface area contributed by atoms with Gasteiger partial charge in [0.1, 0.15) is 0 Å². The van der Waals surface area contributed by atoms with E-state index in [2.05, 4.69) is 27.7 Å². The second-order valence-corrected chi connectivity index (χ2v) is 6.89.